The van der Waals surface area contributed by atoms with Gasteiger partial charge in [-0.15, -0.1) is 18.3 Å². The lowest BCUT2D eigenvalue weighted by atomic mass is 9.66. The number of aliphatic hydroxyl groups excluding tert-OH is 1. The standard InChI is InChI=1S/C30H43N3O5S/c1-6-16-32(22-14-12-21(13-15-22)31(7-2)8-3)28(36)26-30-20(5)19-23(39-30)24(29(37)38-9-4)25(30)27(35)33(26)17-10-11-18-34/h6,12-15,20,23-26,34H,1,7-11,16-19H2,2-5H3/t20?,23-,24+,25+,26?,30?/m1/s1. The van der Waals surface area contributed by atoms with Crippen molar-refractivity contribution in [2.24, 2.45) is 17.8 Å². The number of rotatable bonds is 13. The lowest BCUT2D eigenvalue weighted by Gasteiger charge is -2.40. The van der Waals surface area contributed by atoms with E-state index in [1.807, 2.05) is 24.3 Å². The van der Waals surface area contributed by atoms with Crippen LogP contribution < -0.4 is 9.80 Å². The molecule has 0 radical (unpaired) electrons. The largest absolute Gasteiger partial charge is 0.466 e. The Hall–Kier alpha value is -2.52. The smallest absolute Gasteiger partial charge is 0.310 e. The fourth-order valence-corrected chi connectivity index (χ4v) is 9.38. The molecule has 3 unspecified atom stereocenters. The first-order chi connectivity index (χ1) is 18.8. The lowest BCUT2D eigenvalue weighted by molar-refractivity contribution is -0.154. The molecule has 1 spiro atoms. The van der Waals surface area contributed by atoms with Crippen LogP contribution in [0.25, 0.3) is 0 Å². The summed E-state index contributed by atoms with van der Waals surface area (Å²) in [6, 6.07) is 7.27. The molecule has 0 saturated carbocycles. The van der Waals surface area contributed by atoms with E-state index in [0.29, 0.717) is 25.9 Å². The van der Waals surface area contributed by atoms with E-state index in [4.69, 9.17) is 4.74 Å². The molecule has 214 valence electrons. The van der Waals surface area contributed by atoms with Crippen LogP contribution in [0, 0.1) is 17.8 Å². The Balaban J connectivity index is 1.74. The highest BCUT2D eigenvalue weighted by molar-refractivity contribution is 8.02. The van der Waals surface area contributed by atoms with Gasteiger partial charge in [0.15, 0.2) is 0 Å². The van der Waals surface area contributed by atoms with Crippen LogP contribution in [0.2, 0.25) is 0 Å². The molecule has 3 aliphatic rings. The van der Waals surface area contributed by atoms with Crippen molar-refractivity contribution in [2.75, 3.05) is 49.2 Å². The average molecular weight is 558 g/mol. The number of aliphatic hydroxyl groups is 1. The normalized spacial score (nSPS) is 28.9. The van der Waals surface area contributed by atoms with Gasteiger partial charge in [0.05, 0.1) is 23.2 Å². The maximum atomic E-state index is 14.6. The van der Waals surface area contributed by atoms with Gasteiger partial charge in [-0.2, -0.15) is 0 Å². The number of anilines is 2. The van der Waals surface area contributed by atoms with E-state index in [1.54, 1.807) is 34.6 Å². The number of likely N-dealkylation sites (tertiary alicyclic amines) is 1. The number of amides is 2. The van der Waals surface area contributed by atoms with Crippen LogP contribution in [0.5, 0.6) is 0 Å². The van der Waals surface area contributed by atoms with Crippen LogP contribution in [0.15, 0.2) is 36.9 Å². The predicted octanol–water partition coefficient (Wildman–Crippen LogP) is 3.72. The van der Waals surface area contributed by atoms with E-state index in [0.717, 1.165) is 30.9 Å². The number of carbonyl (C=O) groups is 3. The van der Waals surface area contributed by atoms with E-state index >= 15 is 0 Å². The Morgan fingerprint density at radius 3 is 2.44 bits per heavy atom. The molecule has 9 heteroatoms. The van der Waals surface area contributed by atoms with Gasteiger partial charge in [0.25, 0.3) is 5.91 Å². The van der Waals surface area contributed by atoms with Gasteiger partial charge in [0, 0.05) is 49.4 Å². The van der Waals surface area contributed by atoms with Gasteiger partial charge in [-0.25, -0.2) is 0 Å². The second-order valence-electron chi connectivity index (χ2n) is 10.7. The van der Waals surface area contributed by atoms with E-state index in [9.17, 15) is 19.5 Å². The van der Waals surface area contributed by atoms with Crippen molar-refractivity contribution >= 4 is 40.9 Å². The second-order valence-corrected chi connectivity index (χ2v) is 12.2. The molecule has 6 atom stereocenters. The number of hydrogen-bond donors (Lipinski definition) is 1. The van der Waals surface area contributed by atoms with E-state index in [1.165, 1.54) is 0 Å². The van der Waals surface area contributed by atoms with Crippen LogP contribution in [-0.4, -0.2) is 83.2 Å². The molecule has 3 aliphatic heterocycles. The zero-order chi connectivity index (χ0) is 28.3. The molecule has 8 nitrogen and oxygen atoms in total. The molecule has 1 aromatic carbocycles. The number of nitrogens with zero attached hydrogens (tertiary/aromatic N) is 3. The zero-order valence-corrected chi connectivity index (χ0v) is 24.5. The second kappa shape index (κ2) is 12.3. The van der Waals surface area contributed by atoms with Crippen molar-refractivity contribution in [3.05, 3.63) is 36.9 Å². The fourth-order valence-electron chi connectivity index (χ4n) is 6.97. The minimum atomic E-state index is -0.708. The lowest BCUT2D eigenvalue weighted by Crippen LogP contribution is -2.57. The van der Waals surface area contributed by atoms with Gasteiger partial charge in [-0.3, -0.25) is 14.4 Å². The monoisotopic (exact) mass is 557 g/mol. The molecule has 39 heavy (non-hydrogen) atoms. The Morgan fingerprint density at radius 2 is 1.85 bits per heavy atom. The molecular weight excluding hydrogens is 514 g/mol. The van der Waals surface area contributed by atoms with Gasteiger partial charge in [-0.05, 0) is 70.2 Å². The Kier molecular flexibility index (Phi) is 9.32. The summed E-state index contributed by atoms with van der Waals surface area (Å²) < 4.78 is 4.73. The first-order valence-corrected chi connectivity index (χ1v) is 15.2. The number of fused-ring (bicyclic) bond motifs is 1. The van der Waals surface area contributed by atoms with Crippen molar-refractivity contribution in [3.8, 4) is 0 Å². The number of hydrogen-bond acceptors (Lipinski definition) is 7. The van der Waals surface area contributed by atoms with Gasteiger partial charge < -0.3 is 24.5 Å². The predicted molar refractivity (Wildman–Crippen MR) is 156 cm³/mol. The summed E-state index contributed by atoms with van der Waals surface area (Å²) in [4.78, 5) is 47.5. The third-order valence-electron chi connectivity index (χ3n) is 8.71. The van der Waals surface area contributed by atoms with Gasteiger partial charge >= 0.3 is 5.97 Å². The number of thioether (sulfide) groups is 1. The van der Waals surface area contributed by atoms with Gasteiger partial charge in [-0.1, -0.05) is 13.0 Å². The summed E-state index contributed by atoms with van der Waals surface area (Å²) in [6.07, 6.45) is 3.61. The number of carbonyl (C=O) groups excluding carboxylic acids is 3. The van der Waals surface area contributed by atoms with E-state index < -0.39 is 22.6 Å². The fraction of sp³-hybridized carbons (Fsp3) is 0.633. The maximum Gasteiger partial charge on any atom is 0.310 e. The third-order valence-corrected chi connectivity index (χ3v) is 10.8. The molecule has 0 aliphatic carbocycles. The summed E-state index contributed by atoms with van der Waals surface area (Å²) in [5.41, 5.74) is 1.84. The molecule has 3 fully saturated rings. The molecule has 1 aromatic rings. The van der Waals surface area contributed by atoms with Crippen LogP contribution in [0.3, 0.4) is 0 Å². The van der Waals surface area contributed by atoms with Crippen molar-refractivity contribution < 1.29 is 24.2 Å². The first-order valence-electron chi connectivity index (χ1n) is 14.3. The summed E-state index contributed by atoms with van der Waals surface area (Å²) >= 11 is 1.65. The molecule has 2 bridgehead atoms. The SMILES string of the molecule is C=CCN(C(=O)C1N(CCCCO)C(=O)[C@@H]2[C@@H](C(=O)OCC)[C@H]3CC(C)C12S3)c1ccc(N(CC)CC)cc1. The van der Waals surface area contributed by atoms with Crippen LogP contribution >= 0.6 is 11.8 Å². The van der Waals surface area contributed by atoms with Gasteiger partial charge in [0.1, 0.15) is 6.04 Å². The molecule has 3 heterocycles. The summed E-state index contributed by atoms with van der Waals surface area (Å²) in [5.74, 6) is -1.66. The minimum absolute atomic E-state index is 0.0232. The zero-order valence-electron chi connectivity index (χ0n) is 23.7. The molecule has 3 saturated heterocycles. The van der Waals surface area contributed by atoms with Crippen molar-refractivity contribution in [1.29, 1.82) is 0 Å². The summed E-state index contributed by atoms with van der Waals surface area (Å²) in [5, 5.41) is 9.37. The highest BCUT2D eigenvalue weighted by atomic mass is 32.2. The molecule has 4 rings (SSSR count). The number of ether oxygens (including phenoxy) is 1. The number of unbranched alkanes of at least 4 members (excludes halogenated alkanes) is 1. The van der Waals surface area contributed by atoms with Crippen molar-refractivity contribution in [2.45, 2.75) is 63.0 Å². The average Bonchev–Trinajstić information content (AvgIpc) is 3.52. The Bertz CT molecular complexity index is 1060. The Morgan fingerprint density at radius 1 is 1.18 bits per heavy atom. The van der Waals surface area contributed by atoms with E-state index in [2.05, 4.69) is 32.3 Å². The molecule has 0 aromatic heterocycles. The number of esters is 1. The molecule has 1 N–H and O–H groups in total. The molecular formula is C30H43N3O5S. The third kappa shape index (κ3) is 4.97. The van der Waals surface area contributed by atoms with Crippen molar-refractivity contribution in [1.82, 2.24) is 4.90 Å². The van der Waals surface area contributed by atoms with Crippen LogP contribution in [0.1, 0.15) is 47.0 Å². The van der Waals surface area contributed by atoms with E-state index in [-0.39, 0.29) is 42.2 Å². The number of benzene rings is 1. The quantitative estimate of drug-likeness (QED) is 0.225. The topological polar surface area (TPSA) is 90.4 Å². The summed E-state index contributed by atoms with van der Waals surface area (Å²) in [6.45, 7) is 14.8. The molecule has 2 amide bonds. The van der Waals surface area contributed by atoms with Gasteiger partial charge in [0.2, 0.25) is 5.91 Å². The van der Waals surface area contributed by atoms with Crippen molar-refractivity contribution in [3.63, 3.8) is 0 Å². The highest BCUT2D eigenvalue weighted by Gasteiger charge is 2.76. The minimum Gasteiger partial charge on any atom is -0.466 e. The summed E-state index contributed by atoms with van der Waals surface area (Å²) in [7, 11) is 0. The Labute approximate surface area is 236 Å². The highest BCUT2D eigenvalue weighted by Crippen LogP contribution is 2.68. The maximum absolute atomic E-state index is 14.6. The van der Waals surface area contributed by atoms with Crippen LogP contribution in [-0.2, 0) is 19.1 Å². The first kappa shape index (κ1) is 29.5. The van der Waals surface area contributed by atoms with Crippen LogP contribution in [0.4, 0.5) is 11.4 Å².